The Bertz CT molecular complexity index is 1210. The number of hydrogen-bond acceptors (Lipinski definition) is 6. The predicted molar refractivity (Wildman–Crippen MR) is 128 cm³/mol. The molecule has 0 radical (unpaired) electrons. The summed E-state index contributed by atoms with van der Waals surface area (Å²) >= 11 is 0. The van der Waals surface area contributed by atoms with E-state index in [1.807, 2.05) is 0 Å². The molecule has 10 heteroatoms. The maximum atomic E-state index is 12.9. The van der Waals surface area contributed by atoms with E-state index < -0.39 is 23.6 Å². The van der Waals surface area contributed by atoms with Gasteiger partial charge in [0.25, 0.3) is 35.4 Å². The third-order valence-electron chi connectivity index (χ3n) is 6.22. The molecule has 0 aliphatic carbocycles. The molecule has 10 nitrogen and oxygen atoms in total. The van der Waals surface area contributed by atoms with E-state index >= 15 is 0 Å². The van der Waals surface area contributed by atoms with Crippen LogP contribution in [-0.2, 0) is 19.2 Å². The molecule has 6 amide bonds. The number of benzene rings is 2. The monoisotopic (exact) mass is 484 g/mol. The van der Waals surface area contributed by atoms with Crippen molar-refractivity contribution in [2.24, 2.45) is 0 Å². The van der Waals surface area contributed by atoms with Gasteiger partial charge in [0.15, 0.2) is 0 Å². The molecule has 0 unspecified atom stereocenters. The van der Waals surface area contributed by atoms with Crippen molar-refractivity contribution >= 4 is 46.8 Å². The first kappa shape index (κ1) is 22.9. The second-order valence-electron chi connectivity index (χ2n) is 8.37. The van der Waals surface area contributed by atoms with Gasteiger partial charge in [-0.05, 0) is 48.5 Å². The molecule has 180 valence electrons. The van der Waals surface area contributed by atoms with Gasteiger partial charge in [-0.2, -0.15) is 0 Å². The zero-order valence-corrected chi connectivity index (χ0v) is 19.0. The largest absolute Gasteiger partial charge is 0.335 e. The van der Waals surface area contributed by atoms with Crippen molar-refractivity contribution in [2.45, 2.75) is 0 Å². The molecule has 2 aromatic carbocycles. The number of imide groups is 2. The first-order chi connectivity index (χ1) is 17.3. The van der Waals surface area contributed by atoms with Gasteiger partial charge in [0, 0.05) is 61.6 Å². The Morgan fingerprint density at radius 3 is 1.03 bits per heavy atom. The fourth-order valence-corrected chi connectivity index (χ4v) is 4.29. The molecule has 0 atom stereocenters. The zero-order chi connectivity index (χ0) is 25.4. The van der Waals surface area contributed by atoms with Crippen LogP contribution in [0.25, 0.3) is 0 Å². The number of piperazine rings is 1. The molecule has 0 N–H and O–H groups in total. The Morgan fingerprint density at radius 2 is 0.750 bits per heavy atom. The summed E-state index contributed by atoms with van der Waals surface area (Å²) < 4.78 is 0. The highest BCUT2D eigenvalue weighted by atomic mass is 16.2. The Labute approximate surface area is 205 Å². The van der Waals surface area contributed by atoms with Gasteiger partial charge in [-0.1, -0.05) is 0 Å². The van der Waals surface area contributed by atoms with Crippen LogP contribution < -0.4 is 9.80 Å². The first-order valence-electron chi connectivity index (χ1n) is 11.2. The minimum Gasteiger partial charge on any atom is -0.335 e. The van der Waals surface area contributed by atoms with Crippen molar-refractivity contribution in [3.05, 3.63) is 84.0 Å². The lowest BCUT2D eigenvalue weighted by Gasteiger charge is -2.35. The van der Waals surface area contributed by atoms with Gasteiger partial charge in [0.2, 0.25) is 0 Å². The minimum atomic E-state index is -0.426. The van der Waals surface area contributed by atoms with Crippen LogP contribution in [0.2, 0.25) is 0 Å². The van der Waals surface area contributed by atoms with Crippen LogP contribution in [0.4, 0.5) is 11.4 Å². The normalized spacial score (nSPS) is 17.6. The summed E-state index contributed by atoms with van der Waals surface area (Å²) in [4.78, 5) is 78.5. The fraction of sp³-hybridized carbons (Fsp3) is 0.154. The van der Waals surface area contributed by atoms with E-state index in [4.69, 9.17) is 0 Å². The highest BCUT2D eigenvalue weighted by Crippen LogP contribution is 2.22. The van der Waals surface area contributed by atoms with Crippen molar-refractivity contribution in [3.63, 3.8) is 0 Å². The number of amides is 6. The summed E-state index contributed by atoms with van der Waals surface area (Å²) in [7, 11) is 0. The third kappa shape index (κ3) is 4.09. The van der Waals surface area contributed by atoms with E-state index in [1.165, 1.54) is 24.3 Å². The van der Waals surface area contributed by atoms with E-state index in [1.54, 1.807) is 58.3 Å². The quantitative estimate of drug-likeness (QED) is 0.602. The molecule has 1 fully saturated rings. The first-order valence-corrected chi connectivity index (χ1v) is 11.2. The van der Waals surface area contributed by atoms with Crippen molar-refractivity contribution in [1.82, 2.24) is 9.80 Å². The van der Waals surface area contributed by atoms with Crippen molar-refractivity contribution in [1.29, 1.82) is 0 Å². The highest BCUT2D eigenvalue weighted by molar-refractivity contribution is 6.28. The average Bonchev–Trinajstić information content (AvgIpc) is 3.42. The molecule has 3 aliphatic rings. The van der Waals surface area contributed by atoms with Crippen LogP contribution in [0.1, 0.15) is 20.7 Å². The van der Waals surface area contributed by atoms with E-state index in [-0.39, 0.29) is 11.8 Å². The predicted octanol–water partition coefficient (Wildman–Crippen LogP) is 1.14. The molecule has 3 heterocycles. The maximum Gasteiger partial charge on any atom is 0.258 e. The van der Waals surface area contributed by atoms with Gasteiger partial charge in [0.05, 0.1) is 11.4 Å². The van der Waals surface area contributed by atoms with Crippen molar-refractivity contribution in [3.8, 4) is 0 Å². The van der Waals surface area contributed by atoms with Crippen LogP contribution >= 0.6 is 0 Å². The van der Waals surface area contributed by atoms with Crippen LogP contribution in [0.3, 0.4) is 0 Å². The van der Waals surface area contributed by atoms with Gasteiger partial charge >= 0.3 is 0 Å². The maximum absolute atomic E-state index is 12.9. The van der Waals surface area contributed by atoms with E-state index in [9.17, 15) is 28.8 Å². The number of anilines is 2. The molecule has 0 bridgehead atoms. The molecule has 36 heavy (non-hydrogen) atoms. The molecule has 5 rings (SSSR count). The molecule has 3 aliphatic heterocycles. The van der Waals surface area contributed by atoms with Crippen LogP contribution in [-0.4, -0.2) is 71.4 Å². The highest BCUT2D eigenvalue weighted by Gasteiger charge is 2.29. The van der Waals surface area contributed by atoms with Crippen LogP contribution in [0.5, 0.6) is 0 Å². The van der Waals surface area contributed by atoms with Gasteiger partial charge in [-0.15, -0.1) is 0 Å². The lowest BCUT2D eigenvalue weighted by molar-refractivity contribution is -0.121. The molecular weight excluding hydrogens is 464 g/mol. The molecule has 0 spiro atoms. The average molecular weight is 484 g/mol. The summed E-state index contributed by atoms with van der Waals surface area (Å²) in [5, 5.41) is 0. The molecule has 1 saturated heterocycles. The fourth-order valence-electron chi connectivity index (χ4n) is 4.29. The molecule has 0 aromatic heterocycles. The summed E-state index contributed by atoms with van der Waals surface area (Å²) in [6, 6.07) is 12.5. The summed E-state index contributed by atoms with van der Waals surface area (Å²) in [5.74, 6) is -2.12. The lowest BCUT2D eigenvalue weighted by Crippen LogP contribution is -2.50. The van der Waals surface area contributed by atoms with Gasteiger partial charge in [-0.25, -0.2) is 9.80 Å². The summed E-state index contributed by atoms with van der Waals surface area (Å²) in [6.45, 7) is 1.39. The molecular formula is C26H20N4O6. The van der Waals surface area contributed by atoms with Crippen molar-refractivity contribution in [2.75, 3.05) is 36.0 Å². The van der Waals surface area contributed by atoms with Crippen molar-refractivity contribution < 1.29 is 28.8 Å². The van der Waals surface area contributed by atoms with E-state index in [0.717, 1.165) is 9.80 Å². The smallest absolute Gasteiger partial charge is 0.258 e. The van der Waals surface area contributed by atoms with Gasteiger partial charge < -0.3 is 9.80 Å². The Morgan fingerprint density at radius 1 is 0.472 bits per heavy atom. The zero-order valence-electron chi connectivity index (χ0n) is 19.0. The number of nitrogens with zero attached hydrogens (tertiary/aromatic N) is 4. The minimum absolute atomic E-state index is 0.205. The standard InChI is InChI=1S/C26H20N4O6/c31-21-9-10-22(32)29(21)19-5-1-17(2-6-19)25(35)27-13-15-28(16-14-27)26(36)18-3-7-20(8-4-18)30-23(33)11-12-24(30)34/h1-12H,13-16H2. The Hall–Kier alpha value is -4.86. The Kier molecular flexibility index (Phi) is 5.77. The SMILES string of the molecule is O=C(c1ccc(N2C(=O)C=CC2=O)cc1)N1CCN(C(=O)c2ccc(N3C(=O)C=CC3=O)cc2)CC1. The number of hydrogen-bond donors (Lipinski definition) is 0. The molecule has 2 aromatic rings. The van der Waals surface area contributed by atoms with Gasteiger partial charge in [-0.3, -0.25) is 28.8 Å². The topological polar surface area (TPSA) is 115 Å². The number of rotatable bonds is 4. The number of carbonyl (C=O) groups is 6. The van der Waals surface area contributed by atoms with Crippen LogP contribution in [0, 0.1) is 0 Å². The van der Waals surface area contributed by atoms with Crippen LogP contribution in [0.15, 0.2) is 72.8 Å². The summed E-state index contributed by atoms with van der Waals surface area (Å²) in [5.41, 5.74) is 1.62. The third-order valence-corrected chi connectivity index (χ3v) is 6.22. The second-order valence-corrected chi connectivity index (χ2v) is 8.37. The van der Waals surface area contributed by atoms with Gasteiger partial charge in [0.1, 0.15) is 0 Å². The Balaban J connectivity index is 1.18. The van der Waals surface area contributed by atoms with E-state index in [2.05, 4.69) is 0 Å². The lowest BCUT2D eigenvalue weighted by atomic mass is 10.1. The molecule has 0 saturated carbocycles. The number of carbonyl (C=O) groups excluding carboxylic acids is 6. The van der Waals surface area contributed by atoms with E-state index in [0.29, 0.717) is 48.7 Å². The second kappa shape index (κ2) is 9.06. The summed E-state index contributed by atoms with van der Waals surface area (Å²) in [6.07, 6.45) is 4.79.